The molecular formula is C26H29N3S. The summed E-state index contributed by atoms with van der Waals surface area (Å²) in [4.78, 5) is 8.51. The van der Waals surface area contributed by atoms with E-state index in [9.17, 15) is 0 Å². The highest BCUT2D eigenvalue weighted by Crippen LogP contribution is 2.32. The van der Waals surface area contributed by atoms with Crippen LogP contribution in [0.2, 0.25) is 0 Å². The van der Waals surface area contributed by atoms with Crippen molar-refractivity contribution in [1.29, 1.82) is 0 Å². The minimum Gasteiger partial charge on any atom is -0.349 e. The van der Waals surface area contributed by atoms with E-state index in [0.717, 1.165) is 34.4 Å². The summed E-state index contributed by atoms with van der Waals surface area (Å²) in [7, 11) is 0. The summed E-state index contributed by atoms with van der Waals surface area (Å²) in [6.45, 7) is 5.50. The molecule has 30 heavy (non-hydrogen) atoms. The van der Waals surface area contributed by atoms with Crippen LogP contribution in [0.3, 0.4) is 0 Å². The van der Waals surface area contributed by atoms with E-state index >= 15 is 0 Å². The molecule has 0 aliphatic carbocycles. The third kappa shape index (κ3) is 4.88. The van der Waals surface area contributed by atoms with Crippen LogP contribution in [-0.4, -0.2) is 20.3 Å². The minimum atomic E-state index is 1.00. The van der Waals surface area contributed by atoms with Gasteiger partial charge in [-0.25, -0.2) is 4.98 Å². The Balaban J connectivity index is 1.37. The molecule has 0 saturated heterocycles. The minimum absolute atomic E-state index is 1.00. The zero-order chi connectivity index (χ0) is 20.8. The van der Waals surface area contributed by atoms with E-state index < -0.39 is 0 Å². The highest BCUT2D eigenvalue weighted by Gasteiger charge is 2.14. The third-order valence-electron chi connectivity index (χ3n) is 5.47. The predicted molar refractivity (Wildman–Crippen MR) is 128 cm³/mol. The molecule has 0 saturated carbocycles. The lowest BCUT2D eigenvalue weighted by Crippen LogP contribution is -2.02. The lowest BCUT2D eigenvalue weighted by atomic mass is 10.1. The molecule has 2 heterocycles. The number of unbranched alkanes of at least 4 members (excludes halogenated alkanes) is 2. The van der Waals surface area contributed by atoms with E-state index in [4.69, 9.17) is 4.98 Å². The van der Waals surface area contributed by atoms with Gasteiger partial charge in [0.15, 0.2) is 5.16 Å². The third-order valence-corrected chi connectivity index (χ3v) is 6.43. The molecule has 0 amide bonds. The number of H-pyrrole nitrogens is 1. The van der Waals surface area contributed by atoms with Crippen LogP contribution < -0.4 is 0 Å². The van der Waals surface area contributed by atoms with Crippen LogP contribution in [-0.2, 0) is 6.54 Å². The van der Waals surface area contributed by atoms with Crippen molar-refractivity contribution < 1.29 is 0 Å². The van der Waals surface area contributed by atoms with Crippen LogP contribution in [0.5, 0.6) is 0 Å². The van der Waals surface area contributed by atoms with Crippen LogP contribution in [0.4, 0.5) is 0 Å². The first-order chi connectivity index (χ1) is 14.7. The summed E-state index contributed by atoms with van der Waals surface area (Å²) < 4.78 is 2.41. The summed E-state index contributed by atoms with van der Waals surface area (Å²) >= 11 is 1.83. The number of hydrogen-bond donors (Lipinski definition) is 1. The highest BCUT2D eigenvalue weighted by molar-refractivity contribution is 7.99. The molecule has 4 aromatic rings. The molecule has 0 atom stereocenters. The summed E-state index contributed by atoms with van der Waals surface area (Å²) in [6.07, 6.45) is 3.66. The molecule has 1 N–H and O–H groups in total. The van der Waals surface area contributed by atoms with Gasteiger partial charge in [-0.3, -0.25) is 0 Å². The standard InChI is InChI=1S/C26H29N3S/c1-20-16-17-21(2)29(20)18-10-5-11-19-30-26-27-24(22-12-6-3-7-13-22)25(28-26)23-14-8-4-9-15-23/h3-4,6-9,12-17H,5,10-11,18-19H2,1-2H3,(H,27,28). The Hall–Kier alpha value is -2.72. The smallest absolute Gasteiger partial charge is 0.166 e. The predicted octanol–water partition coefficient (Wildman–Crippen LogP) is 7.12. The average Bonchev–Trinajstić information content (AvgIpc) is 3.35. The summed E-state index contributed by atoms with van der Waals surface area (Å²) in [6, 6.07) is 25.3. The van der Waals surface area contributed by atoms with Gasteiger partial charge in [0.25, 0.3) is 0 Å². The van der Waals surface area contributed by atoms with Crippen molar-refractivity contribution in [3.8, 4) is 22.5 Å². The van der Waals surface area contributed by atoms with E-state index in [1.165, 1.54) is 36.2 Å². The first-order valence-electron chi connectivity index (χ1n) is 10.7. The molecule has 0 aliphatic rings. The number of benzene rings is 2. The van der Waals surface area contributed by atoms with Gasteiger partial charge in [-0.1, -0.05) is 78.8 Å². The second-order valence-electron chi connectivity index (χ2n) is 7.67. The summed E-state index contributed by atoms with van der Waals surface area (Å²) in [5.74, 6) is 1.08. The number of rotatable bonds is 9. The quantitative estimate of drug-likeness (QED) is 0.233. The van der Waals surface area contributed by atoms with Crippen molar-refractivity contribution in [2.24, 2.45) is 0 Å². The van der Waals surface area contributed by atoms with Gasteiger partial charge in [0.1, 0.15) is 0 Å². The number of aromatic nitrogens is 3. The van der Waals surface area contributed by atoms with Crippen molar-refractivity contribution >= 4 is 11.8 Å². The number of aryl methyl sites for hydroxylation is 2. The van der Waals surface area contributed by atoms with Gasteiger partial charge in [-0.05, 0) is 38.8 Å². The molecule has 0 bridgehead atoms. The molecule has 154 valence electrons. The largest absolute Gasteiger partial charge is 0.349 e. The zero-order valence-electron chi connectivity index (χ0n) is 17.8. The molecule has 2 aromatic carbocycles. The molecule has 0 unspecified atom stereocenters. The van der Waals surface area contributed by atoms with Crippen LogP contribution in [0, 0.1) is 13.8 Å². The Labute approximate surface area is 183 Å². The van der Waals surface area contributed by atoms with Gasteiger partial charge in [-0.2, -0.15) is 0 Å². The van der Waals surface area contributed by atoms with Crippen molar-refractivity contribution in [3.05, 3.63) is 84.2 Å². The molecule has 4 rings (SSSR count). The maximum absolute atomic E-state index is 4.94. The van der Waals surface area contributed by atoms with Crippen molar-refractivity contribution in [1.82, 2.24) is 14.5 Å². The van der Waals surface area contributed by atoms with Gasteiger partial charge in [-0.15, -0.1) is 0 Å². The van der Waals surface area contributed by atoms with Crippen molar-refractivity contribution in [2.45, 2.75) is 44.8 Å². The molecule has 2 aromatic heterocycles. The van der Waals surface area contributed by atoms with Gasteiger partial charge in [0.05, 0.1) is 11.4 Å². The SMILES string of the molecule is Cc1ccc(C)n1CCCCCSc1nc(-c2ccccc2)c(-c2ccccc2)[nH]1. The second-order valence-corrected chi connectivity index (χ2v) is 8.76. The highest BCUT2D eigenvalue weighted by atomic mass is 32.2. The molecule has 0 aliphatic heterocycles. The molecule has 4 heteroatoms. The maximum atomic E-state index is 4.94. The monoisotopic (exact) mass is 415 g/mol. The van der Waals surface area contributed by atoms with E-state index in [1.807, 2.05) is 17.8 Å². The van der Waals surface area contributed by atoms with Gasteiger partial charge in [0.2, 0.25) is 0 Å². The van der Waals surface area contributed by atoms with Crippen LogP contribution in [0.25, 0.3) is 22.5 Å². The van der Waals surface area contributed by atoms with Gasteiger partial charge in [0, 0.05) is 34.8 Å². The fraction of sp³-hybridized carbons (Fsp3) is 0.269. The van der Waals surface area contributed by atoms with E-state index in [1.54, 1.807) is 0 Å². The number of hydrogen-bond acceptors (Lipinski definition) is 2. The Morgan fingerprint density at radius 3 is 2.07 bits per heavy atom. The first kappa shape index (κ1) is 20.5. The molecule has 0 spiro atoms. The van der Waals surface area contributed by atoms with E-state index in [-0.39, 0.29) is 0 Å². The second kappa shape index (κ2) is 9.86. The Morgan fingerprint density at radius 2 is 1.40 bits per heavy atom. The average molecular weight is 416 g/mol. The van der Waals surface area contributed by atoms with Crippen molar-refractivity contribution in [3.63, 3.8) is 0 Å². The van der Waals surface area contributed by atoms with Crippen molar-refractivity contribution in [2.75, 3.05) is 5.75 Å². The maximum Gasteiger partial charge on any atom is 0.166 e. The topological polar surface area (TPSA) is 33.6 Å². The summed E-state index contributed by atoms with van der Waals surface area (Å²) in [5, 5.41) is 1.00. The zero-order valence-corrected chi connectivity index (χ0v) is 18.6. The van der Waals surface area contributed by atoms with Crippen LogP contribution in [0.1, 0.15) is 30.7 Å². The van der Waals surface area contributed by atoms with Crippen LogP contribution >= 0.6 is 11.8 Å². The Bertz CT molecular complexity index is 988. The fourth-order valence-corrected chi connectivity index (χ4v) is 4.68. The molecule has 3 nitrogen and oxygen atoms in total. The summed E-state index contributed by atoms with van der Waals surface area (Å²) in [5.41, 5.74) is 7.18. The Kier molecular flexibility index (Phi) is 6.75. The first-order valence-corrected chi connectivity index (χ1v) is 11.7. The fourth-order valence-electron chi connectivity index (χ4n) is 3.81. The molecule has 0 radical (unpaired) electrons. The number of aromatic amines is 1. The van der Waals surface area contributed by atoms with Crippen LogP contribution in [0.15, 0.2) is 78.0 Å². The van der Waals surface area contributed by atoms with E-state index in [0.29, 0.717) is 0 Å². The lowest BCUT2D eigenvalue weighted by molar-refractivity contribution is 0.586. The molecule has 0 fully saturated rings. The number of imidazole rings is 1. The van der Waals surface area contributed by atoms with E-state index in [2.05, 4.69) is 90.1 Å². The number of nitrogens with one attached hydrogen (secondary N) is 1. The number of thioether (sulfide) groups is 1. The normalized spacial score (nSPS) is 11.1. The molecular weight excluding hydrogens is 386 g/mol. The Morgan fingerprint density at radius 1 is 0.767 bits per heavy atom. The van der Waals surface area contributed by atoms with Gasteiger partial charge < -0.3 is 9.55 Å². The van der Waals surface area contributed by atoms with Gasteiger partial charge >= 0.3 is 0 Å². The number of nitrogens with zero attached hydrogens (tertiary/aromatic N) is 2. The lowest BCUT2D eigenvalue weighted by Gasteiger charge is -2.08.